The van der Waals surface area contributed by atoms with Crippen LogP contribution in [0.1, 0.15) is 15.9 Å². The van der Waals surface area contributed by atoms with Crippen LogP contribution >= 0.6 is 15.9 Å². The van der Waals surface area contributed by atoms with E-state index in [-0.39, 0.29) is 11.7 Å². The number of rotatable bonds is 4. The minimum Gasteiger partial charge on any atom is -0.435 e. The number of pyridine rings is 1. The van der Waals surface area contributed by atoms with Gasteiger partial charge in [0.15, 0.2) is 0 Å². The first kappa shape index (κ1) is 15.4. The molecule has 1 heterocycles. The molecule has 110 valence electrons. The van der Waals surface area contributed by atoms with Crippen molar-refractivity contribution in [1.29, 1.82) is 0 Å². The zero-order valence-electron chi connectivity index (χ0n) is 10.9. The van der Waals surface area contributed by atoms with E-state index in [0.29, 0.717) is 11.4 Å². The van der Waals surface area contributed by atoms with Gasteiger partial charge in [0.1, 0.15) is 11.6 Å². The maximum atomic E-state index is 12.0. The number of carbonyl (C=O) groups is 1. The van der Waals surface area contributed by atoms with Gasteiger partial charge in [-0.1, -0.05) is 0 Å². The van der Waals surface area contributed by atoms with Crippen molar-refractivity contribution in [2.75, 3.05) is 5.32 Å². The van der Waals surface area contributed by atoms with Crippen molar-refractivity contribution in [1.82, 2.24) is 4.98 Å². The third kappa shape index (κ3) is 4.22. The zero-order chi connectivity index (χ0) is 15.4. The smallest absolute Gasteiger partial charge is 0.387 e. The standard InChI is InChI=1S/C14H11BrF2N2O2/c1-8-6-10(15)7-18-12(8)19-13(20)9-2-4-11(5-3-9)21-14(16)17/h2-7,14H,1H3,(H,18,19,20). The molecule has 0 bridgehead atoms. The molecule has 0 radical (unpaired) electrons. The first-order chi connectivity index (χ1) is 9.95. The SMILES string of the molecule is Cc1cc(Br)cnc1NC(=O)c1ccc(OC(F)F)cc1. The molecule has 0 atom stereocenters. The predicted molar refractivity (Wildman–Crippen MR) is 77.7 cm³/mol. The van der Waals surface area contributed by atoms with E-state index < -0.39 is 6.61 Å². The molecule has 2 rings (SSSR count). The normalized spacial score (nSPS) is 10.5. The minimum absolute atomic E-state index is 0.000466. The first-order valence-corrected chi connectivity index (χ1v) is 6.73. The van der Waals surface area contributed by atoms with E-state index in [0.717, 1.165) is 10.0 Å². The largest absolute Gasteiger partial charge is 0.435 e. The second-order valence-electron chi connectivity index (χ2n) is 4.18. The molecule has 0 unspecified atom stereocenters. The number of hydrogen-bond donors (Lipinski definition) is 1. The molecule has 0 saturated heterocycles. The van der Waals surface area contributed by atoms with Gasteiger partial charge >= 0.3 is 6.61 Å². The van der Waals surface area contributed by atoms with Gasteiger partial charge in [-0.25, -0.2) is 4.98 Å². The number of anilines is 1. The van der Waals surface area contributed by atoms with Crippen molar-refractivity contribution < 1.29 is 18.3 Å². The highest BCUT2D eigenvalue weighted by Crippen LogP contribution is 2.19. The lowest BCUT2D eigenvalue weighted by atomic mass is 10.2. The number of nitrogens with one attached hydrogen (secondary N) is 1. The Kier molecular flexibility index (Phi) is 4.85. The van der Waals surface area contributed by atoms with Crippen LogP contribution in [-0.4, -0.2) is 17.5 Å². The second-order valence-corrected chi connectivity index (χ2v) is 5.09. The van der Waals surface area contributed by atoms with E-state index in [2.05, 4.69) is 31.0 Å². The maximum Gasteiger partial charge on any atom is 0.387 e. The summed E-state index contributed by atoms with van der Waals surface area (Å²) in [6, 6.07) is 7.25. The van der Waals surface area contributed by atoms with Crippen LogP contribution in [0.3, 0.4) is 0 Å². The molecule has 0 aliphatic rings. The summed E-state index contributed by atoms with van der Waals surface area (Å²) < 4.78 is 29.1. The van der Waals surface area contributed by atoms with Gasteiger partial charge < -0.3 is 10.1 Å². The molecule has 2 aromatic rings. The molecular formula is C14H11BrF2N2O2. The number of aromatic nitrogens is 1. The van der Waals surface area contributed by atoms with Gasteiger partial charge in [-0.2, -0.15) is 8.78 Å². The van der Waals surface area contributed by atoms with Gasteiger partial charge in [0.25, 0.3) is 5.91 Å². The van der Waals surface area contributed by atoms with Gasteiger partial charge in [-0.3, -0.25) is 4.79 Å². The monoisotopic (exact) mass is 356 g/mol. The van der Waals surface area contributed by atoms with Crippen molar-refractivity contribution in [2.45, 2.75) is 13.5 Å². The topological polar surface area (TPSA) is 51.2 Å². The number of halogens is 3. The molecule has 0 fully saturated rings. The first-order valence-electron chi connectivity index (χ1n) is 5.94. The average molecular weight is 357 g/mol. The Morgan fingerprint density at radius 1 is 1.33 bits per heavy atom. The number of carbonyl (C=O) groups excluding carboxylic acids is 1. The van der Waals surface area contributed by atoms with Crippen LogP contribution in [0.25, 0.3) is 0 Å². The fourth-order valence-electron chi connectivity index (χ4n) is 1.64. The van der Waals surface area contributed by atoms with E-state index in [4.69, 9.17) is 0 Å². The van der Waals surface area contributed by atoms with Crippen molar-refractivity contribution in [2.24, 2.45) is 0 Å². The Morgan fingerprint density at radius 3 is 2.57 bits per heavy atom. The summed E-state index contributed by atoms with van der Waals surface area (Å²) in [4.78, 5) is 16.1. The number of alkyl halides is 2. The van der Waals surface area contributed by atoms with E-state index in [1.807, 2.05) is 13.0 Å². The Balaban J connectivity index is 2.09. The van der Waals surface area contributed by atoms with Crippen LogP contribution in [0.2, 0.25) is 0 Å². The highest BCUT2D eigenvalue weighted by atomic mass is 79.9. The molecule has 1 N–H and O–H groups in total. The van der Waals surface area contributed by atoms with Crippen molar-refractivity contribution in [3.63, 3.8) is 0 Å². The number of nitrogens with zero attached hydrogens (tertiary/aromatic N) is 1. The number of ether oxygens (including phenoxy) is 1. The summed E-state index contributed by atoms with van der Waals surface area (Å²) in [5, 5.41) is 2.65. The van der Waals surface area contributed by atoms with Crippen LogP contribution in [0.5, 0.6) is 5.75 Å². The van der Waals surface area contributed by atoms with E-state index >= 15 is 0 Å². The van der Waals surface area contributed by atoms with E-state index in [9.17, 15) is 13.6 Å². The Hall–Kier alpha value is -2.02. The van der Waals surface area contributed by atoms with Gasteiger partial charge in [0.05, 0.1) is 0 Å². The lowest BCUT2D eigenvalue weighted by Crippen LogP contribution is -2.14. The maximum absolute atomic E-state index is 12.0. The molecule has 0 spiro atoms. The fourth-order valence-corrected chi connectivity index (χ4v) is 2.08. The highest BCUT2D eigenvalue weighted by molar-refractivity contribution is 9.10. The highest BCUT2D eigenvalue weighted by Gasteiger charge is 2.10. The molecule has 7 heteroatoms. The summed E-state index contributed by atoms with van der Waals surface area (Å²) in [6.07, 6.45) is 1.57. The van der Waals surface area contributed by atoms with Crippen molar-refractivity contribution >= 4 is 27.7 Å². The summed E-state index contributed by atoms with van der Waals surface area (Å²) >= 11 is 3.28. The quantitative estimate of drug-likeness (QED) is 0.900. The molecular weight excluding hydrogens is 346 g/mol. The average Bonchev–Trinajstić information content (AvgIpc) is 2.42. The van der Waals surface area contributed by atoms with Crippen LogP contribution in [-0.2, 0) is 0 Å². The Morgan fingerprint density at radius 2 is 2.00 bits per heavy atom. The molecule has 0 aliphatic carbocycles. The molecule has 0 saturated carbocycles. The minimum atomic E-state index is -2.89. The Labute approximate surface area is 128 Å². The predicted octanol–water partition coefficient (Wildman–Crippen LogP) is 4.01. The lowest BCUT2D eigenvalue weighted by molar-refractivity contribution is -0.0498. The number of amides is 1. The molecule has 21 heavy (non-hydrogen) atoms. The summed E-state index contributed by atoms with van der Waals surface area (Å²) in [6.45, 7) is -1.08. The van der Waals surface area contributed by atoms with Crippen molar-refractivity contribution in [3.05, 3.63) is 52.1 Å². The Bertz CT molecular complexity index is 648. The molecule has 4 nitrogen and oxygen atoms in total. The van der Waals surface area contributed by atoms with Crippen molar-refractivity contribution in [3.8, 4) is 5.75 Å². The number of benzene rings is 1. The summed E-state index contributed by atoms with van der Waals surface area (Å²) in [5.41, 5.74) is 1.12. The lowest BCUT2D eigenvalue weighted by Gasteiger charge is -2.08. The number of hydrogen-bond acceptors (Lipinski definition) is 3. The van der Waals surface area contributed by atoms with Gasteiger partial charge in [-0.05, 0) is 58.7 Å². The zero-order valence-corrected chi connectivity index (χ0v) is 12.5. The molecule has 1 amide bonds. The number of aryl methyl sites for hydroxylation is 1. The summed E-state index contributed by atoms with van der Waals surface area (Å²) in [7, 11) is 0. The van der Waals surface area contributed by atoms with Crippen LogP contribution in [0.4, 0.5) is 14.6 Å². The van der Waals surface area contributed by atoms with Gasteiger partial charge in [0.2, 0.25) is 0 Å². The summed E-state index contributed by atoms with van der Waals surface area (Å²) in [5.74, 6) is 0.0622. The van der Waals surface area contributed by atoms with E-state index in [1.54, 1.807) is 6.20 Å². The van der Waals surface area contributed by atoms with Gasteiger partial charge in [-0.15, -0.1) is 0 Å². The van der Waals surface area contributed by atoms with E-state index in [1.165, 1.54) is 24.3 Å². The third-order valence-electron chi connectivity index (χ3n) is 2.62. The fraction of sp³-hybridized carbons (Fsp3) is 0.143. The second kappa shape index (κ2) is 6.62. The van der Waals surface area contributed by atoms with Crippen LogP contribution < -0.4 is 10.1 Å². The van der Waals surface area contributed by atoms with Crippen LogP contribution in [0.15, 0.2) is 41.0 Å². The third-order valence-corrected chi connectivity index (χ3v) is 3.05. The molecule has 1 aromatic heterocycles. The van der Waals surface area contributed by atoms with Crippen LogP contribution in [0, 0.1) is 6.92 Å². The molecule has 0 aliphatic heterocycles. The molecule has 1 aromatic carbocycles. The van der Waals surface area contributed by atoms with Gasteiger partial charge in [0, 0.05) is 16.2 Å².